The number of primary amides is 1. The number of ether oxygens (including phenoxy) is 1. The molecule has 1 aliphatic heterocycles. The Labute approximate surface area is 108 Å². The van der Waals surface area contributed by atoms with E-state index in [4.69, 9.17) is 10.5 Å². The number of amides is 1. The second-order valence-corrected chi connectivity index (χ2v) is 4.74. The molecule has 98 valence electrons. The van der Waals surface area contributed by atoms with Crippen molar-refractivity contribution >= 4 is 5.91 Å². The molecule has 0 saturated carbocycles. The monoisotopic (exact) mass is 248 g/mol. The first-order valence-corrected chi connectivity index (χ1v) is 6.45. The van der Waals surface area contributed by atoms with Crippen LogP contribution < -0.4 is 15.8 Å². The molecule has 0 fully saturated rings. The van der Waals surface area contributed by atoms with Crippen LogP contribution in [0.15, 0.2) is 24.3 Å². The summed E-state index contributed by atoms with van der Waals surface area (Å²) in [6.45, 7) is 2.36. The molecule has 4 heteroatoms. The van der Waals surface area contributed by atoms with Crippen molar-refractivity contribution < 1.29 is 9.53 Å². The van der Waals surface area contributed by atoms with Gasteiger partial charge in [0.05, 0.1) is 6.61 Å². The van der Waals surface area contributed by atoms with E-state index in [1.54, 1.807) is 0 Å². The van der Waals surface area contributed by atoms with Crippen LogP contribution in [-0.4, -0.2) is 25.6 Å². The lowest BCUT2D eigenvalue weighted by molar-refractivity contribution is -0.117. The number of hydrogen-bond donors (Lipinski definition) is 2. The fourth-order valence-corrected chi connectivity index (χ4v) is 2.22. The lowest BCUT2D eigenvalue weighted by Crippen LogP contribution is -2.27. The minimum atomic E-state index is -0.252. The summed E-state index contributed by atoms with van der Waals surface area (Å²) in [5.41, 5.74) is 6.37. The molecule has 0 aromatic heterocycles. The zero-order valence-corrected chi connectivity index (χ0v) is 10.5. The smallest absolute Gasteiger partial charge is 0.218 e. The molecule has 0 spiro atoms. The summed E-state index contributed by atoms with van der Waals surface area (Å²) in [6.07, 6.45) is 2.55. The average molecular weight is 248 g/mol. The Kier molecular flexibility index (Phi) is 4.59. The molecule has 1 amide bonds. The Balaban J connectivity index is 1.68. The zero-order valence-electron chi connectivity index (χ0n) is 10.5. The molecule has 0 bridgehead atoms. The Morgan fingerprint density at radius 3 is 3.06 bits per heavy atom. The maximum absolute atomic E-state index is 10.6. The zero-order chi connectivity index (χ0) is 12.8. The number of nitrogens with one attached hydrogen (secondary N) is 1. The van der Waals surface area contributed by atoms with Gasteiger partial charge in [0.15, 0.2) is 0 Å². The average Bonchev–Trinajstić information content (AvgIpc) is 2.38. The van der Waals surface area contributed by atoms with E-state index in [-0.39, 0.29) is 5.91 Å². The van der Waals surface area contributed by atoms with Gasteiger partial charge in [-0.25, -0.2) is 0 Å². The normalized spacial score (nSPS) is 17.9. The van der Waals surface area contributed by atoms with Crippen LogP contribution in [0.2, 0.25) is 0 Å². The first kappa shape index (κ1) is 12.9. The van der Waals surface area contributed by atoms with Crippen LogP contribution in [0.3, 0.4) is 0 Å². The Hall–Kier alpha value is -1.55. The SMILES string of the molecule is NC(=O)CCNCCC1COc2ccccc2C1. The third kappa shape index (κ3) is 3.74. The molecule has 1 unspecified atom stereocenters. The van der Waals surface area contributed by atoms with Gasteiger partial charge in [0.1, 0.15) is 5.75 Å². The van der Waals surface area contributed by atoms with Gasteiger partial charge in [-0.1, -0.05) is 18.2 Å². The summed E-state index contributed by atoms with van der Waals surface area (Å²) >= 11 is 0. The molecule has 0 aliphatic carbocycles. The number of hydrogen-bond acceptors (Lipinski definition) is 3. The third-order valence-corrected chi connectivity index (χ3v) is 3.23. The minimum absolute atomic E-state index is 0.252. The summed E-state index contributed by atoms with van der Waals surface area (Å²) in [5.74, 6) is 1.33. The molecule has 0 saturated heterocycles. The topological polar surface area (TPSA) is 64.4 Å². The first-order valence-electron chi connectivity index (χ1n) is 6.45. The molecule has 1 heterocycles. The molecule has 1 atom stereocenters. The van der Waals surface area contributed by atoms with Crippen molar-refractivity contribution in [3.05, 3.63) is 29.8 Å². The summed E-state index contributed by atoms with van der Waals surface area (Å²) in [7, 11) is 0. The Bertz CT molecular complexity index is 407. The van der Waals surface area contributed by atoms with E-state index in [1.807, 2.05) is 12.1 Å². The predicted octanol–water partition coefficient (Wildman–Crippen LogP) is 1.09. The van der Waals surface area contributed by atoms with E-state index in [0.717, 1.165) is 31.7 Å². The molecule has 2 rings (SSSR count). The van der Waals surface area contributed by atoms with Gasteiger partial charge in [0, 0.05) is 13.0 Å². The first-order chi connectivity index (χ1) is 8.75. The number of fused-ring (bicyclic) bond motifs is 1. The van der Waals surface area contributed by atoms with E-state index < -0.39 is 0 Å². The summed E-state index contributed by atoms with van der Waals surface area (Å²) in [5, 5.41) is 3.23. The molecule has 1 aliphatic rings. The quantitative estimate of drug-likeness (QED) is 0.741. The van der Waals surface area contributed by atoms with Crippen molar-refractivity contribution in [1.29, 1.82) is 0 Å². The standard InChI is InChI=1S/C14H20N2O2/c15-14(17)6-8-16-7-5-11-9-12-3-1-2-4-13(12)18-10-11/h1-4,11,16H,5-10H2,(H2,15,17). The fraction of sp³-hybridized carbons (Fsp3) is 0.500. The Morgan fingerprint density at radius 2 is 2.22 bits per heavy atom. The van der Waals surface area contributed by atoms with Crippen molar-refractivity contribution in [2.24, 2.45) is 11.7 Å². The van der Waals surface area contributed by atoms with Crippen molar-refractivity contribution in [1.82, 2.24) is 5.32 Å². The Morgan fingerprint density at radius 1 is 1.39 bits per heavy atom. The summed E-state index contributed by atoms with van der Waals surface area (Å²) in [4.78, 5) is 10.6. The van der Waals surface area contributed by atoms with Crippen molar-refractivity contribution in [3.8, 4) is 5.75 Å². The molecule has 1 aromatic rings. The molecular weight excluding hydrogens is 228 g/mol. The van der Waals surface area contributed by atoms with Gasteiger partial charge in [0.25, 0.3) is 0 Å². The van der Waals surface area contributed by atoms with Crippen LogP contribution in [0.4, 0.5) is 0 Å². The van der Waals surface area contributed by atoms with E-state index >= 15 is 0 Å². The highest BCUT2D eigenvalue weighted by Crippen LogP contribution is 2.27. The molecule has 0 radical (unpaired) electrons. The highest BCUT2D eigenvalue weighted by molar-refractivity contribution is 5.73. The second kappa shape index (κ2) is 6.40. The van der Waals surface area contributed by atoms with Crippen LogP contribution in [0.1, 0.15) is 18.4 Å². The second-order valence-electron chi connectivity index (χ2n) is 4.74. The van der Waals surface area contributed by atoms with Crippen LogP contribution in [0, 0.1) is 5.92 Å². The van der Waals surface area contributed by atoms with Crippen molar-refractivity contribution in [2.75, 3.05) is 19.7 Å². The number of nitrogens with two attached hydrogens (primary N) is 1. The molecule has 3 N–H and O–H groups in total. The van der Waals surface area contributed by atoms with E-state index in [9.17, 15) is 4.79 Å². The lowest BCUT2D eigenvalue weighted by Gasteiger charge is -2.25. The highest BCUT2D eigenvalue weighted by atomic mass is 16.5. The largest absolute Gasteiger partial charge is 0.493 e. The van der Waals surface area contributed by atoms with Crippen molar-refractivity contribution in [3.63, 3.8) is 0 Å². The molecule has 1 aromatic carbocycles. The third-order valence-electron chi connectivity index (χ3n) is 3.23. The minimum Gasteiger partial charge on any atom is -0.493 e. The van der Waals surface area contributed by atoms with Gasteiger partial charge in [-0.2, -0.15) is 0 Å². The lowest BCUT2D eigenvalue weighted by atomic mass is 9.94. The van der Waals surface area contributed by atoms with Gasteiger partial charge < -0.3 is 15.8 Å². The van der Waals surface area contributed by atoms with E-state index in [0.29, 0.717) is 18.9 Å². The molecule has 4 nitrogen and oxygen atoms in total. The number of rotatable bonds is 6. The maximum Gasteiger partial charge on any atom is 0.218 e. The van der Waals surface area contributed by atoms with Crippen molar-refractivity contribution in [2.45, 2.75) is 19.3 Å². The summed E-state index contributed by atoms with van der Waals surface area (Å²) in [6, 6.07) is 8.21. The number of benzene rings is 1. The highest BCUT2D eigenvalue weighted by Gasteiger charge is 2.18. The number of carbonyl (C=O) groups excluding carboxylic acids is 1. The van der Waals surface area contributed by atoms with Gasteiger partial charge in [-0.3, -0.25) is 4.79 Å². The van der Waals surface area contributed by atoms with Crippen LogP contribution in [-0.2, 0) is 11.2 Å². The van der Waals surface area contributed by atoms with Crippen LogP contribution in [0.25, 0.3) is 0 Å². The predicted molar refractivity (Wildman–Crippen MR) is 70.4 cm³/mol. The van der Waals surface area contributed by atoms with Crippen LogP contribution >= 0.6 is 0 Å². The van der Waals surface area contributed by atoms with Gasteiger partial charge >= 0.3 is 0 Å². The maximum atomic E-state index is 10.6. The fourth-order valence-electron chi connectivity index (χ4n) is 2.22. The van der Waals surface area contributed by atoms with E-state index in [1.165, 1.54) is 5.56 Å². The number of carbonyl (C=O) groups is 1. The molecule has 18 heavy (non-hydrogen) atoms. The van der Waals surface area contributed by atoms with E-state index in [2.05, 4.69) is 17.4 Å². The van der Waals surface area contributed by atoms with Gasteiger partial charge in [0.2, 0.25) is 5.91 Å². The van der Waals surface area contributed by atoms with Gasteiger partial charge in [-0.15, -0.1) is 0 Å². The number of para-hydroxylation sites is 1. The van der Waals surface area contributed by atoms with Gasteiger partial charge in [-0.05, 0) is 36.9 Å². The molecular formula is C14H20N2O2. The van der Waals surface area contributed by atoms with Crippen LogP contribution in [0.5, 0.6) is 5.75 Å². The summed E-state index contributed by atoms with van der Waals surface area (Å²) < 4.78 is 5.73.